The Labute approximate surface area is 116 Å². The molecule has 1 aromatic carbocycles. The minimum Gasteiger partial charge on any atom is -0.479 e. The van der Waals surface area contributed by atoms with Crippen molar-refractivity contribution in [3.8, 4) is 0 Å². The first-order valence-electron chi connectivity index (χ1n) is 4.74. The Bertz CT molecular complexity index is 537. The summed E-state index contributed by atoms with van der Waals surface area (Å²) in [6.45, 7) is 0. The number of hydrogen-bond acceptors (Lipinski definition) is 2. The van der Waals surface area contributed by atoms with Gasteiger partial charge in [-0.05, 0) is 28.1 Å². The molecule has 0 aliphatic rings. The number of carbonyl (C=O) groups is 1. The Morgan fingerprint density at radius 1 is 1.10 bits per heavy atom. The van der Waals surface area contributed by atoms with Gasteiger partial charge in [0.25, 0.3) is 0 Å². The van der Waals surface area contributed by atoms with Crippen LogP contribution in [0.4, 0.5) is 26.3 Å². The summed E-state index contributed by atoms with van der Waals surface area (Å²) in [5.41, 5.74) is -4.45. The number of benzene rings is 1. The highest BCUT2D eigenvalue weighted by Crippen LogP contribution is 2.42. The van der Waals surface area contributed by atoms with Crippen molar-refractivity contribution in [2.24, 2.45) is 0 Å². The van der Waals surface area contributed by atoms with Crippen LogP contribution in [-0.4, -0.2) is 16.2 Å². The summed E-state index contributed by atoms with van der Waals surface area (Å²) in [6.07, 6.45) is -12.8. The van der Waals surface area contributed by atoms with Crippen molar-refractivity contribution in [1.29, 1.82) is 0 Å². The van der Waals surface area contributed by atoms with E-state index >= 15 is 0 Å². The van der Waals surface area contributed by atoms with Gasteiger partial charge in [-0.1, -0.05) is 0 Å². The molecule has 0 fully saturated rings. The number of hydrogen-bond donors (Lipinski definition) is 2. The first-order chi connectivity index (χ1) is 8.85. The zero-order chi connectivity index (χ0) is 15.9. The molecule has 0 aliphatic carbocycles. The van der Waals surface area contributed by atoms with Crippen molar-refractivity contribution in [2.75, 3.05) is 0 Å². The van der Waals surface area contributed by atoms with Gasteiger partial charge < -0.3 is 10.2 Å². The second-order valence-corrected chi connectivity index (χ2v) is 4.46. The number of aliphatic carboxylic acids is 1. The van der Waals surface area contributed by atoms with Crippen LogP contribution in [-0.2, 0) is 17.1 Å². The van der Waals surface area contributed by atoms with Crippen LogP contribution in [0.5, 0.6) is 0 Å². The number of carboxylic acids is 1. The van der Waals surface area contributed by atoms with Gasteiger partial charge in [0.2, 0.25) is 0 Å². The maximum atomic E-state index is 12.6. The Morgan fingerprint density at radius 2 is 1.60 bits per heavy atom. The van der Waals surface area contributed by atoms with Crippen molar-refractivity contribution < 1.29 is 41.4 Å². The first kappa shape index (κ1) is 16.8. The van der Waals surface area contributed by atoms with E-state index in [1.54, 1.807) is 0 Å². The van der Waals surface area contributed by atoms with Gasteiger partial charge in [0.1, 0.15) is 0 Å². The lowest BCUT2D eigenvalue weighted by Gasteiger charge is -2.18. The van der Waals surface area contributed by atoms with Crippen molar-refractivity contribution in [3.63, 3.8) is 0 Å². The van der Waals surface area contributed by atoms with E-state index in [4.69, 9.17) is 5.11 Å². The van der Waals surface area contributed by atoms with Crippen LogP contribution in [0.25, 0.3) is 0 Å². The third-order valence-corrected chi connectivity index (χ3v) is 3.15. The fourth-order valence-electron chi connectivity index (χ4n) is 1.35. The lowest BCUT2D eigenvalue weighted by molar-refractivity contribution is -0.149. The van der Waals surface area contributed by atoms with Crippen LogP contribution in [0.1, 0.15) is 22.8 Å². The highest BCUT2D eigenvalue weighted by Gasteiger charge is 2.40. The lowest BCUT2D eigenvalue weighted by atomic mass is 10.0. The lowest BCUT2D eigenvalue weighted by Crippen LogP contribution is -2.17. The quantitative estimate of drug-likeness (QED) is 0.786. The van der Waals surface area contributed by atoms with Gasteiger partial charge in [0.15, 0.2) is 6.10 Å². The molecule has 0 heterocycles. The van der Waals surface area contributed by atoms with E-state index in [9.17, 15) is 36.2 Å². The molecule has 10 heteroatoms. The fourth-order valence-corrected chi connectivity index (χ4v) is 2.02. The Morgan fingerprint density at radius 3 is 1.95 bits per heavy atom. The second-order valence-electron chi connectivity index (χ2n) is 3.66. The predicted molar refractivity (Wildman–Crippen MR) is 56.7 cm³/mol. The van der Waals surface area contributed by atoms with E-state index in [0.717, 1.165) is 0 Å². The number of aliphatic hydroxyl groups is 1. The molecule has 3 nitrogen and oxygen atoms in total. The molecule has 2 N–H and O–H groups in total. The molecule has 0 amide bonds. The maximum absolute atomic E-state index is 12.6. The minimum absolute atomic E-state index is 0.151. The monoisotopic (exact) mass is 366 g/mol. The maximum Gasteiger partial charge on any atom is 0.417 e. The molecule has 0 saturated carbocycles. The molecule has 0 aromatic heterocycles. The second kappa shape index (κ2) is 5.24. The number of carboxylic acid groups (broad SMARTS) is 1. The molecule has 0 saturated heterocycles. The summed E-state index contributed by atoms with van der Waals surface area (Å²) in [6, 6.07) is -0.0136. The molecule has 0 aliphatic heterocycles. The normalized spacial score (nSPS) is 14.2. The third-order valence-electron chi connectivity index (χ3n) is 2.26. The van der Waals surface area contributed by atoms with Gasteiger partial charge in [0, 0.05) is 10.0 Å². The summed E-state index contributed by atoms with van der Waals surface area (Å²) in [5, 5.41) is 17.7. The Hall–Kier alpha value is -1.29. The van der Waals surface area contributed by atoms with Gasteiger partial charge >= 0.3 is 18.3 Å². The van der Waals surface area contributed by atoms with E-state index in [1.807, 2.05) is 0 Å². The zero-order valence-electron chi connectivity index (χ0n) is 9.18. The van der Waals surface area contributed by atoms with Crippen LogP contribution in [0.3, 0.4) is 0 Å². The fraction of sp³-hybridized carbons (Fsp3) is 0.300. The molecule has 1 rings (SSSR count). The van der Waals surface area contributed by atoms with Crippen LogP contribution >= 0.6 is 15.9 Å². The molecular formula is C10H5BrF6O3. The summed E-state index contributed by atoms with van der Waals surface area (Å²) in [4.78, 5) is 10.5. The van der Waals surface area contributed by atoms with Gasteiger partial charge in [0.05, 0.1) is 11.1 Å². The van der Waals surface area contributed by atoms with Crippen molar-refractivity contribution in [1.82, 2.24) is 0 Å². The smallest absolute Gasteiger partial charge is 0.417 e. The molecule has 20 heavy (non-hydrogen) atoms. The minimum atomic E-state index is -5.15. The topological polar surface area (TPSA) is 57.5 Å². The molecule has 0 bridgehead atoms. The third kappa shape index (κ3) is 3.42. The van der Waals surface area contributed by atoms with Crippen molar-refractivity contribution in [3.05, 3.63) is 33.3 Å². The summed E-state index contributed by atoms with van der Waals surface area (Å²) >= 11 is 2.38. The average Bonchev–Trinajstić information content (AvgIpc) is 2.24. The molecule has 1 aromatic rings. The number of halogens is 7. The average molecular weight is 367 g/mol. The highest BCUT2D eigenvalue weighted by atomic mass is 79.9. The van der Waals surface area contributed by atoms with Crippen LogP contribution in [0, 0.1) is 0 Å². The van der Waals surface area contributed by atoms with Crippen LogP contribution in [0.2, 0.25) is 0 Å². The SMILES string of the molecule is O=C(O)C(O)c1cc(C(F)(F)F)cc(C(F)(F)F)c1Br. The highest BCUT2D eigenvalue weighted by molar-refractivity contribution is 9.10. The molecular weight excluding hydrogens is 362 g/mol. The Kier molecular flexibility index (Phi) is 4.39. The van der Waals surface area contributed by atoms with E-state index in [1.165, 1.54) is 0 Å². The molecule has 0 radical (unpaired) electrons. The van der Waals surface area contributed by atoms with Crippen LogP contribution in [0.15, 0.2) is 16.6 Å². The van der Waals surface area contributed by atoms with Gasteiger partial charge in [-0.2, -0.15) is 26.3 Å². The summed E-state index contributed by atoms with van der Waals surface area (Å²) < 4.78 is 74.5. The standard InChI is InChI=1S/C10H5BrF6O3/c11-6-4(7(18)8(19)20)1-3(9(12,13)14)2-5(6)10(15,16)17/h1-2,7,18H,(H,19,20). The van der Waals surface area contributed by atoms with Gasteiger partial charge in [-0.25, -0.2) is 4.79 Å². The zero-order valence-corrected chi connectivity index (χ0v) is 10.8. The van der Waals surface area contributed by atoms with Gasteiger partial charge in [-0.15, -0.1) is 0 Å². The van der Waals surface area contributed by atoms with E-state index in [0.29, 0.717) is 0 Å². The largest absolute Gasteiger partial charge is 0.479 e. The summed E-state index contributed by atoms with van der Waals surface area (Å²) in [5.74, 6) is -1.97. The molecule has 1 atom stereocenters. The first-order valence-corrected chi connectivity index (χ1v) is 5.53. The molecule has 1 unspecified atom stereocenters. The van der Waals surface area contributed by atoms with Crippen LogP contribution < -0.4 is 0 Å². The van der Waals surface area contributed by atoms with Crippen molar-refractivity contribution in [2.45, 2.75) is 18.5 Å². The predicted octanol–water partition coefficient (Wildman–Crippen LogP) is 3.60. The number of alkyl halides is 6. The number of rotatable bonds is 2. The van der Waals surface area contributed by atoms with E-state index in [2.05, 4.69) is 15.9 Å². The van der Waals surface area contributed by atoms with E-state index < -0.39 is 45.6 Å². The molecule has 0 spiro atoms. The number of aliphatic hydroxyl groups excluding tert-OH is 1. The van der Waals surface area contributed by atoms with Gasteiger partial charge in [-0.3, -0.25) is 0 Å². The molecule has 112 valence electrons. The van der Waals surface area contributed by atoms with E-state index in [-0.39, 0.29) is 12.1 Å². The summed E-state index contributed by atoms with van der Waals surface area (Å²) in [7, 11) is 0. The Balaban J connectivity index is 3.64. The van der Waals surface area contributed by atoms with Crippen molar-refractivity contribution >= 4 is 21.9 Å².